The second kappa shape index (κ2) is 6.39. The summed E-state index contributed by atoms with van der Waals surface area (Å²) in [4.78, 5) is 24.0. The maximum Gasteiger partial charge on any atom is 0.323 e. The molecule has 1 N–H and O–H groups in total. The summed E-state index contributed by atoms with van der Waals surface area (Å²) in [5, 5.41) is 8.75. The average molecular weight is 300 g/mol. The van der Waals surface area contributed by atoms with Gasteiger partial charge in [-0.15, -0.1) is 0 Å². The van der Waals surface area contributed by atoms with Crippen molar-refractivity contribution in [3.05, 3.63) is 34.3 Å². The smallest absolute Gasteiger partial charge is 0.323 e. The van der Waals surface area contributed by atoms with Crippen LogP contribution in [0.15, 0.2) is 28.7 Å². The SMILES string of the molecule is CCCN(CC(=O)O)C(=O)c1ccc(Br)cc1. The lowest BCUT2D eigenvalue weighted by Gasteiger charge is -2.19. The summed E-state index contributed by atoms with van der Waals surface area (Å²) in [6.45, 7) is 2.09. The van der Waals surface area contributed by atoms with Crippen molar-refractivity contribution in [3.63, 3.8) is 0 Å². The fourth-order valence-electron chi connectivity index (χ4n) is 1.46. The number of halogens is 1. The van der Waals surface area contributed by atoms with Crippen LogP contribution in [0.5, 0.6) is 0 Å². The minimum Gasteiger partial charge on any atom is -0.480 e. The number of hydrogen-bond acceptors (Lipinski definition) is 2. The van der Waals surface area contributed by atoms with Gasteiger partial charge < -0.3 is 10.0 Å². The lowest BCUT2D eigenvalue weighted by atomic mass is 10.2. The van der Waals surface area contributed by atoms with Gasteiger partial charge in [-0.05, 0) is 30.7 Å². The first-order valence-corrected chi connectivity index (χ1v) is 6.10. The van der Waals surface area contributed by atoms with Crippen LogP contribution < -0.4 is 0 Å². The van der Waals surface area contributed by atoms with Crippen LogP contribution in [0.3, 0.4) is 0 Å². The van der Waals surface area contributed by atoms with Gasteiger partial charge >= 0.3 is 5.97 Å². The molecule has 0 radical (unpaired) electrons. The fourth-order valence-corrected chi connectivity index (χ4v) is 1.72. The number of carboxylic acids is 1. The van der Waals surface area contributed by atoms with Gasteiger partial charge in [-0.3, -0.25) is 9.59 Å². The number of aliphatic carboxylic acids is 1. The predicted octanol–water partition coefficient (Wildman–Crippen LogP) is 2.39. The first-order chi connectivity index (χ1) is 8.04. The molecule has 1 rings (SSSR count). The third-order valence-corrected chi connectivity index (χ3v) is 2.73. The van der Waals surface area contributed by atoms with E-state index in [1.54, 1.807) is 24.3 Å². The van der Waals surface area contributed by atoms with Crippen LogP contribution in [0.4, 0.5) is 0 Å². The monoisotopic (exact) mass is 299 g/mol. The van der Waals surface area contributed by atoms with E-state index in [0.29, 0.717) is 12.1 Å². The second-order valence-corrected chi connectivity index (χ2v) is 4.54. The number of hydrogen-bond donors (Lipinski definition) is 1. The third-order valence-electron chi connectivity index (χ3n) is 2.20. The molecule has 0 bridgehead atoms. The molecule has 0 aromatic heterocycles. The number of rotatable bonds is 5. The Kier molecular flexibility index (Phi) is 5.15. The second-order valence-electron chi connectivity index (χ2n) is 3.63. The van der Waals surface area contributed by atoms with Crippen LogP contribution in [0, 0.1) is 0 Å². The minimum atomic E-state index is -0.996. The van der Waals surface area contributed by atoms with E-state index in [1.807, 2.05) is 6.92 Å². The van der Waals surface area contributed by atoms with Crippen LogP contribution in [-0.4, -0.2) is 35.0 Å². The van der Waals surface area contributed by atoms with Crippen molar-refractivity contribution in [2.24, 2.45) is 0 Å². The first-order valence-electron chi connectivity index (χ1n) is 5.31. The standard InChI is InChI=1S/C12H14BrNO3/c1-2-7-14(8-11(15)16)12(17)9-3-5-10(13)6-4-9/h3-6H,2,7-8H2,1H3,(H,15,16). The van der Waals surface area contributed by atoms with E-state index >= 15 is 0 Å². The molecule has 0 aliphatic rings. The lowest BCUT2D eigenvalue weighted by Crippen LogP contribution is -2.36. The molecule has 92 valence electrons. The van der Waals surface area contributed by atoms with Crippen LogP contribution in [0.25, 0.3) is 0 Å². The number of nitrogens with zero attached hydrogens (tertiary/aromatic N) is 1. The molecular formula is C12H14BrNO3. The molecule has 0 atom stereocenters. The van der Waals surface area contributed by atoms with Crippen molar-refractivity contribution in [3.8, 4) is 0 Å². The molecule has 0 saturated heterocycles. The van der Waals surface area contributed by atoms with Gasteiger partial charge in [0.1, 0.15) is 6.54 Å². The quantitative estimate of drug-likeness (QED) is 0.908. The zero-order chi connectivity index (χ0) is 12.8. The Bertz CT molecular complexity index is 403. The van der Waals surface area contributed by atoms with Crippen LogP contribution in [0.2, 0.25) is 0 Å². The minimum absolute atomic E-state index is 0.248. The predicted molar refractivity (Wildman–Crippen MR) is 68.0 cm³/mol. The lowest BCUT2D eigenvalue weighted by molar-refractivity contribution is -0.137. The largest absolute Gasteiger partial charge is 0.480 e. The number of carbonyl (C=O) groups is 2. The Balaban J connectivity index is 2.83. The molecule has 0 fully saturated rings. The summed E-state index contributed by atoms with van der Waals surface area (Å²) < 4.78 is 0.884. The highest BCUT2D eigenvalue weighted by atomic mass is 79.9. The molecular weight excluding hydrogens is 286 g/mol. The molecule has 5 heteroatoms. The summed E-state index contributed by atoms with van der Waals surface area (Å²) in [5.41, 5.74) is 0.503. The van der Waals surface area contributed by atoms with Gasteiger partial charge in [-0.25, -0.2) is 0 Å². The molecule has 0 unspecified atom stereocenters. The van der Waals surface area contributed by atoms with E-state index in [0.717, 1.165) is 10.9 Å². The maximum atomic E-state index is 12.0. The number of carboxylic acid groups (broad SMARTS) is 1. The van der Waals surface area contributed by atoms with Gasteiger partial charge in [0.15, 0.2) is 0 Å². The van der Waals surface area contributed by atoms with E-state index in [-0.39, 0.29) is 12.5 Å². The topological polar surface area (TPSA) is 57.6 Å². The van der Waals surface area contributed by atoms with Gasteiger partial charge in [-0.2, -0.15) is 0 Å². The van der Waals surface area contributed by atoms with Gasteiger partial charge in [-0.1, -0.05) is 22.9 Å². The summed E-state index contributed by atoms with van der Waals surface area (Å²) in [5.74, 6) is -1.24. The summed E-state index contributed by atoms with van der Waals surface area (Å²) in [6, 6.07) is 6.88. The Hall–Kier alpha value is -1.36. The van der Waals surface area contributed by atoms with Gasteiger partial charge in [0.2, 0.25) is 0 Å². The number of carbonyl (C=O) groups excluding carboxylic acids is 1. The molecule has 0 aliphatic carbocycles. The number of amides is 1. The van der Waals surface area contributed by atoms with E-state index < -0.39 is 5.97 Å². The molecule has 4 nitrogen and oxygen atoms in total. The molecule has 1 aromatic rings. The zero-order valence-electron chi connectivity index (χ0n) is 9.52. The third kappa shape index (κ3) is 4.19. The van der Waals surface area contributed by atoms with Crippen LogP contribution >= 0.6 is 15.9 Å². The Labute approximate surface area is 108 Å². The van der Waals surface area contributed by atoms with E-state index in [4.69, 9.17) is 5.11 Å². The van der Waals surface area contributed by atoms with Crippen LogP contribution in [0.1, 0.15) is 23.7 Å². The fraction of sp³-hybridized carbons (Fsp3) is 0.333. The van der Waals surface area contributed by atoms with Crippen molar-refractivity contribution in [2.75, 3.05) is 13.1 Å². The zero-order valence-corrected chi connectivity index (χ0v) is 11.1. The first kappa shape index (κ1) is 13.7. The summed E-state index contributed by atoms with van der Waals surface area (Å²) in [7, 11) is 0. The van der Waals surface area contributed by atoms with Crippen LogP contribution in [-0.2, 0) is 4.79 Å². The molecule has 0 saturated carbocycles. The van der Waals surface area contributed by atoms with Gasteiger partial charge in [0.25, 0.3) is 5.91 Å². The van der Waals surface area contributed by atoms with Crippen molar-refractivity contribution in [1.29, 1.82) is 0 Å². The average Bonchev–Trinajstić information content (AvgIpc) is 2.28. The van der Waals surface area contributed by atoms with Crippen molar-refractivity contribution in [2.45, 2.75) is 13.3 Å². The number of benzene rings is 1. The highest BCUT2D eigenvalue weighted by Crippen LogP contribution is 2.12. The Morgan fingerprint density at radius 2 is 1.88 bits per heavy atom. The van der Waals surface area contributed by atoms with E-state index in [2.05, 4.69) is 15.9 Å². The summed E-state index contributed by atoms with van der Waals surface area (Å²) in [6.07, 6.45) is 0.732. The maximum absolute atomic E-state index is 12.0. The molecule has 17 heavy (non-hydrogen) atoms. The highest BCUT2D eigenvalue weighted by Gasteiger charge is 2.17. The molecule has 0 heterocycles. The molecule has 0 aliphatic heterocycles. The van der Waals surface area contributed by atoms with Gasteiger partial charge in [0.05, 0.1) is 0 Å². The molecule has 0 spiro atoms. The van der Waals surface area contributed by atoms with Crippen molar-refractivity contribution in [1.82, 2.24) is 4.90 Å². The summed E-state index contributed by atoms with van der Waals surface area (Å²) >= 11 is 3.28. The molecule has 1 aromatic carbocycles. The normalized spacial score (nSPS) is 10.0. The van der Waals surface area contributed by atoms with Gasteiger partial charge in [0, 0.05) is 16.6 Å². The highest BCUT2D eigenvalue weighted by molar-refractivity contribution is 9.10. The van der Waals surface area contributed by atoms with E-state index in [9.17, 15) is 9.59 Å². The Morgan fingerprint density at radius 1 is 1.29 bits per heavy atom. The van der Waals surface area contributed by atoms with Crippen molar-refractivity contribution >= 4 is 27.8 Å². The Morgan fingerprint density at radius 3 is 2.35 bits per heavy atom. The van der Waals surface area contributed by atoms with Crippen molar-refractivity contribution < 1.29 is 14.7 Å². The molecule has 1 amide bonds. The van der Waals surface area contributed by atoms with E-state index in [1.165, 1.54) is 4.90 Å².